The Labute approximate surface area is 159 Å². The highest BCUT2D eigenvalue weighted by atomic mass is 79.9. The van der Waals surface area contributed by atoms with Crippen molar-refractivity contribution in [2.45, 2.75) is 39.5 Å². The minimum atomic E-state index is -0.345. The van der Waals surface area contributed by atoms with Crippen LogP contribution in [0.25, 0.3) is 0 Å². The Balaban J connectivity index is 1.93. The van der Waals surface area contributed by atoms with Crippen molar-refractivity contribution in [2.24, 2.45) is 0 Å². The van der Waals surface area contributed by atoms with E-state index >= 15 is 0 Å². The second-order valence-electron chi connectivity index (χ2n) is 6.05. The predicted molar refractivity (Wildman–Crippen MR) is 104 cm³/mol. The van der Waals surface area contributed by atoms with E-state index in [1.54, 1.807) is 19.1 Å². The normalized spacial score (nSPS) is 13.2. The first kappa shape index (κ1) is 18.1. The van der Waals surface area contributed by atoms with Gasteiger partial charge in [0.05, 0.1) is 12.2 Å². The average molecular weight is 422 g/mol. The number of ether oxygens (including phenoxy) is 1. The molecule has 4 nitrogen and oxygen atoms in total. The highest BCUT2D eigenvalue weighted by Crippen LogP contribution is 2.38. The number of halogens is 1. The van der Waals surface area contributed by atoms with E-state index in [9.17, 15) is 9.59 Å². The van der Waals surface area contributed by atoms with Gasteiger partial charge in [0, 0.05) is 14.9 Å². The standard InChI is InChI=1S/C19H20BrNO3S/c1-3-24-19(23)16-13-6-4-5-7-15(13)25-18(16)21-17(22)12-9-8-11(2)14(20)10-12/h8-10H,3-7H2,1-2H3,(H,21,22). The van der Waals surface area contributed by atoms with E-state index in [2.05, 4.69) is 21.2 Å². The number of rotatable bonds is 4. The minimum Gasteiger partial charge on any atom is -0.462 e. The van der Waals surface area contributed by atoms with Crippen LogP contribution in [-0.2, 0) is 17.6 Å². The second kappa shape index (κ2) is 7.70. The molecule has 1 aromatic heterocycles. The lowest BCUT2D eigenvalue weighted by atomic mass is 9.95. The molecule has 25 heavy (non-hydrogen) atoms. The summed E-state index contributed by atoms with van der Waals surface area (Å²) >= 11 is 4.95. The van der Waals surface area contributed by atoms with Crippen LogP contribution in [0.15, 0.2) is 22.7 Å². The molecule has 6 heteroatoms. The van der Waals surface area contributed by atoms with E-state index < -0.39 is 0 Å². The average Bonchev–Trinajstić information content (AvgIpc) is 2.95. The first-order chi connectivity index (χ1) is 12.0. The molecule has 132 valence electrons. The number of aryl methyl sites for hydroxylation is 2. The number of carbonyl (C=O) groups is 2. The van der Waals surface area contributed by atoms with Crippen LogP contribution < -0.4 is 5.32 Å². The smallest absolute Gasteiger partial charge is 0.341 e. The number of fused-ring (bicyclic) bond motifs is 1. The van der Waals surface area contributed by atoms with E-state index in [1.165, 1.54) is 16.2 Å². The predicted octanol–water partition coefficient (Wildman–Crippen LogP) is 5.13. The quantitative estimate of drug-likeness (QED) is 0.696. The van der Waals surface area contributed by atoms with Crippen molar-refractivity contribution >= 4 is 44.1 Å². The zero-order valence-electron chi connectivity index (χ0n) is 14.3. The van der Waals surface area contributed by atoms with Crippen LogP contribution in [0.3, 0.4) is 0 Å². The Morgan fingerprint density at radius 2 is 2.04 bits per heavy atom. The van der Waals surface area contributed by atoms with Gasteiger partial charge < -0.3 is 10.1 Å². The Morgan fingerprint density at radius 1 is 1.28 bits per heavy atom. The Kier molecular flexibility index (Phi) is 5.59. The van der Waals surface area contributed by atoms with Gasteiger partial charge in [0.15, 0.2) is 0 Å². The molecule has 0 bridgehead atoms. The Morgan fingerprint density at radius 3 is 2.76 bits per heavy atom. The van der Waals surface area contributed by atoms with Gasteiger partial charge in [-0.1, -0.05) is 22.0 Å². The van der Waals surface area contributed by atoms with E-state index in [0.29, 0.717) is 22.7 Å². The number of nitrogens with one attached hydrogen (secondary N) is 1. The summed E-state index contributed by atoms with van der Waals surface area (Å²) in [6, 6.07) is 5.47. The lowest BCUT2D eigenvalue weighted by Crippen LogP contribution is -2.15. The SMILES string of the molecule is CCOC(=O)c1c(NC(=O)c2ccc(C)c(Br)c2)sc2c1CCCC2. The molecule has 0 saturated heterocycles. The minimum absolute atomic E-state index is 0.218. The molecule has 1 aliphatic carbocycles. The van der Waals surface area contributed by atoms with Crippen LogP contribution in [-0.4, -0.2) is 18.5 Å². The Hall–Kier alpha value is -1.66. The van der Waals surface area contributed by atoms with E-state index in [1.807, 2.05) is 13.0 Å². The summed E-state index contributed by atoms with van der Waals surface area (Å²) in [7, 11) is 0. The van der Waals surface area contributed by atoms with Crippen LogP contribution >= 0.6 is 27.3 Å². The summed E-state index contributed by atoms with van der Waals surface area (Å²) in [6.45, 7) is 4.08. The monoisotopic (exact) mass is 421 g/mol. The third kappa shape index (κ3) is 3.80. The zero-order valence-corrected chi connectivity index (χ0v) is 16.7. The fourth-order valence-corrected chi connectivity index (χ4v) is 4.63. The summed E-state index contributed by atoms with van der Waals surface area (Å²) in [6.07, 6.45) is 4.01. The first-order valence-electron chi connectivity index (χ1n) is 8.40. The van der Waals surface area contributed by atoms with Crippen molar-refractivity contribution < 1.29 is 14.3 Å². The van der Waals surface area contributed by atoms with Gasteiger partial charge in [-0.25, -0.2) is 4.79 Å². The molecule has 1 aliphatic rings. The van der Waals surface area contributed by atoms with E-state index in [-0.39, 0.29) is 11.9 Å². The molecule has 2 aromatic rings. The van der Waals surface area contributed by atoms with Crippen LogP contribution in [0.2, 0.25) is 0 Å². The van der Waals surface area contributed by atoms with Gasteiger partial charge in [-0.05, 0) is 62.8 Å². The van der Waals surface area contributed by atoms with Crippen LogP contribution in [0.1, 0.15) is 56.5 Å². The zero-order chi connectivity index (χ0) is 18.0. The number of esters is 1. The summed E-state index contributed by atoms with van der Waals surface area (Å²) in [5, 5.41) is 3.53. The van der Waals surface area contributed by atoms with Crippen LogP contribution in [0.5, 0.6) is 0 Å². The molecule has 3 rings (SSSR count). The number of amides is 1. The molecule has 0 unspecified atom stereocenters. The molecule has 0 fully saturated rings. The number of thiophene rings is 1. The lowest BCUT2D eigenvalue weighted by Gasteiger charge is -2.12. The molecule has 0 radical (unpaired) electrons. The molecule has 0 aliphatic heterocycles. The molecule has 1 N–H and O–H groups in total. The highest BCUT2D eigenvalue weighted by Gasteiger charge is 2.27. The van der Waals surface area contributed by atoms with Crippen molar-refractivity contribution in [3.05, 3.63) is 49.8 Å². The van der Waals surface area contributed by atoms with Gasteiger partial charge in [-0.15, -0.1) is 11.3 Å². The number of anilines is 1. The fraction of sp³-hybridized carbons (Fsp3) is 0.368. The molecule has 1 aromatic carbocycles. The van der Waals surface area contributed by atoms with Gasteiger partial charge in [-0.3, -0.25) is 4.79 Å². The maximum absolute atomic E-state index is 12.6. The van der Waals surface area contributed by atoms with E-state index in [0.717, 1.165) is 41.3 Å². The summed E-state index contributed by atoms with van der Waals surface area (Å²) in [4.78, 5) is 26.3. The lowest BCUT2D eigenvalue weighted by molar-refractivity contribution is 0.0526. The number of carbonyl (C=O) groups excluding carboxylic acids is 2. The number of benzene rings is 1. The van der Waals surface area contributed by atoms with Crippen LogP contribution in [0, 0.1) is 6.92 Å². The second-order valence-corrected chi connectivity index (χ2v) is 8.01. The third-order valence-corrected chi connectivity index (χ3v) is 6.37. The summed E-state index contributed by atoms with van der Waals surface area (Å²) < 4.78 is 6.11. The summed E-state index contributed by atoms with van der Waals surface area (Å²) in [5.74, 6) is -0.563. The van der Waals surface area contributed by atoms with Gasteiger partial charge in [0.1, 0.15) is 5.00 Å². The molecular weight excluding hydrogens is 402 g/mol. The van der Waals surface area contributed by atoms with Gasteiger partial charge in [0.2, 0.25) is 0 Å². The third-order valence-electron chi connectivity index (χ3n) is 4.31. The van der Waals surface area contributed by atoms with E-state index in [4.69, 9.17) is 4.74 Å². The molecule has 0 atom stereocenters. The van der Waals surface area contributed by atoms with Gasteiger partial charge >= 0.3 is 5.97 Å². The summed E-state index contributed by atoms with van der Waals surface area (Å²) in [5.41, 5.74) is 3.21. The maximum atomic E-state index is 12.6. The topological polar surface area (TPSA) is 55.4 Å². The molecule has 0 saturated carbocycles. The van der Waals surface area contributed by atoms with Crippen molar-refractivity contribution in [1.82, 2.24) is 0 Å². The number of hydrogen-bond acceptors (Lipinski definition) is 4. The first-order valence-corrected chi connectivity index (χ1v) is 10.0. The van der Waals surface area contributed by atoms with Crippen molar-refractivity contribution in [3.8, 4) is 0 Å². The molecular formula is C19H20BrNO3S. The van der Waals surface area contributed by atoms with Crippen LogP contribution in [0.4, 0.5) is 5.00 Å². The number of hydrogen-bond donors (Lipinski definition) is 1. The maximum Gasteiger partial charge on any atom is 0.341 e. The molecule has 1 heterocycles. The fourth-order valence-electron chi connectivity index (χ4n) is 2.98. The Bertz CT molecular complexity index is 828. The van der Waals surface area contributed by atoms with Gasteiger partial charge in [0.25, 0.3) is 5.91 Å². The highest BCUT2D eigenvalue weighted by molar-refractivity contribution is 9.10. The van der Waals surface area contributed by atoms with Crippen molar-refractivity contribution in [3.63, 3.8) is 0 Å². The van der Waals surface area contributed by atoms with Gasteiger partial charge in [-0.2, -0.15) is 0 Å². The molecule has 0 spiro atoms. The van der Waals surface area contributed by atoms with Crippen molar-refractivity contribution in [1.29, 1.82) is 0 Å². The largest absolute Gasteiger partial charge is 0.462 e. The molecule has 1 amide bonds. The van der Waals surface area contributed by atoms with Crippen molar-refractivity contribution in [2.75, 3.05) is 11.9 Å².